The van der Waals surface area contributed by atoms with Gasteiger partial charge in [-0.05, 0) is 56.4 Å². The van der Waals surface area contributed by atoms with Gasteiger partial charge in [-0.1, -0.05) is 31.2 Å². The molecule has 2 aliphatic rings. The summed E-state index contributed by atoms with van der Waals surface area (Å²) >= 11 is 0. The lowest BCUT2D eigenvalue weighted by molar-refractivity contribution is 0.183. The number of hydrogen-bond acceptors (Lipinski definition) is 2. The minimum Gasteiger partial charge on any atom is -0.314 e. The van der Waals surface area contributed by atoms with Crippen LogP contribution in [0.4, 0.5) is 0 Å². The van der Waals surface area contributed by atoms with Crippen molar-refractivity contribution in [2.45, 2.75) is 44.6 Å². The van der Waals surface area contributed by atoms with Gasteiger partial charge >= 0.3 is 0 Å². The number of nitrogens with zero attached hydrogens (tertiary/aromatic N) is 1. The molecule has 1 atom stereocenters. The van der Waals surface area contributed by atoms with E-state index in [-0.39, 0.29) is 0 Å². The number of benzene rings is 1. The van der Waals surface area contributed by atoms with Crippen LogP contribution in [-0.4, -0.2) is 37.1 Å². The zero-order valence-corrected chi connectivity index (χ0v) is 12.1. The van der Waals surface area contributed by atoms with Gasteiger partial charge in [0.15, 0.2) is 0 Å². The highest BCUT2D eigenvalue weighted by molar-refractivity contribution is 5.40. The van der Waals surface area contributed by atoms with Crippen molar-refractivity contribution in [1.82, 2.24) is 10.2 Å². The third kappa shape index (κ3) is 3.01. The zero-order chi connectivity index (χ0) is 13.1. The van der Waals surface area contributed by atoms with Crippen molar-refractivity contribution in [3.8, 4) is 0 Å². The Morgan fingerprint density at radius 3 is 2.74 bits per heavy atom. The maximum atomic E-state index is 3.66. The molecule has 1 N–H and O–H groups in total. The fraction of sp³-hybridized carbons (Fsp3) is 0.647. The number of hydrogen-bond donors (Lipinski definition) is 1. The average Bonchev–Trinajstić information content (AvgIpc) is 2.44. The molecule has 1 aliphatic heterocycles. The molecule has 0 radical (unpaired) electrons. The van der Waals surface area contributed by atoms with Gasteiger partial charge in [0.05, 0.1) is 0 Å². The van der Waals surface area contributed by atoms with E-state index in [4.69, 9.17) is 0 Å². The van der Waals surface area contributed by atoms with Crippen molar-refractivity contribution in [2.24, 2.45) is 0 Å². The lowest BCUT2D eigenvalue weighted by Gasteiger charge is -2.38. The second kappa shape index (κ2) is 6.06. The quantitative estimate of drug-likeness (QED) is 0.873. The molecule has 1 fully saturated rings. The SMILES string of the molecule is CCCNC1CCN(CC2Cc3ccccc32)CC1. The predicted molar refractivity (Wildman–Crippen MR) is 80.6 cm³/mol. The highest BCUT2D eigenvalue weighted by atomic mass is 15.1. The Morgan fingerprint density at radius 1 is 1.21 bits per heavy atom. The Labute approximate surface area is 117 Å². The summed E-state index contributed by atoms with van der Waals surface area (Å²) in [5.74, 6) is 0.802. The molecular formula is C17H26N2. The molecule has 1 aromatic rings. The molecule has 0 spiro atoms. The van der Waals surface area contributed by atoms with Crippen molar-refractivity contribution in [1.29, 1.82) is 0 Å². The fourth-order valence-electron chi connectivity index (χ4n) is 3.51. The minimum atomic E-state index is 0.768. The van der Waals surface area contributed by atoms with Gasteiger partial charge < -0.3 is 10.2 Å². The van der Waals surface area contributed by atoms with Gasteiger partial charge in [0.1, 0.15) is 0 Å². The van der Waals surface area contributed by atoms with E-state index in [1.165, 1.54) is 51.9 Å². The van der Waals surface area contributed by atoms with Crippen molar-refractivity contribution in [3.05, 3.63) is 35.4 Å². The Hall–Kier alpha value is -0.860. The minimum absolute atomic E-state index is 0.768. The molecular weight excluding hydrogens is 232 g/mol. The largest absolute Gasteiger partial charge is 0.314 e. The predicted octanol–water partition coefficient (Wildman–Crippen LogP) is 2.79. The van der Waals surface area contributed by atoms with Crippen LogP contribution in [0.25, 0.3) is 0 Å². The van der Waals surface area contributed by atoms with Gasteiger partial charge in [0.25, 0.3) is 0 Å². The van der Waals surface area contributed by atoms with Crippen LogP contribution in [0.15, 0.2) is 24.3 Å². The van der Waals surface area contributed by atoms with E-state index >= 15 is 0 Å². The van der Waals surface area contributed by atoms with Gasteiger partial charge in [-0.25, -0.2) is 0 Å². The van der Waals surface area contributed by atoms with E-state index in [2.05, 4.69) is 41.4 Å². The zero-order valence-electron chi connectivity index (χ0n) is 12.1. The standard InChI is InChI=1S/C17H26N2/c1-2-9-18-16-7-10-19(11-8-16)13-15-12-14-5-3-4-6-17(14)15/h3-6,15-16,18H,2,7-13H2,1H3. The first-order valence-electron chi connectivity index (χ1n) is 7.90. The van der Waals surface area contributed by atoms with Gasteiger partial charge in [0.2, 0.25) is 0 Å². The number of fused-ring (bicyclic) bond motifs is 1. The van der Waals surface area contributed by atoms with Crippen LogP contribution < -0.4 is 5.32 Å². The van der Waals surface area contributed by atoms with E-state index in [1.807, 2.05) is 0 Å². The number of likely N-dealkylation sites (tertiary alicyclic amines) is 1. The molecule has 1 heterocycles. The monoisotopic (exact) mass is 258 g/mol. The Morgan fingerprint density at radius 2 is 2.00 bits per heavy atom. The normalized spacial score (nSPS) is 23.9. The van der Waals surface area contributed by atoms with Crippen molar-refractivity contribution in [2.75, 3.05) is 26.2 Å². The molecule has 0 amide bonds. The van der Waals surface area contributed by atoms with Crippen molar-refractivity contribution in [3.63, 3.8) is 0 Å². The average molecular weight is 258 g/mol. The summed E-state index contributed by atoms with van der Waals surface area (Å²) in [5.41, 5.74) is 3.18. The molecule has 0 aromatic heterocycles. The molecule has 0 bridgehead atoms. The van der Waals surface area contributed by atoms with Crippen LogP contribution in [0, 0.1) is 0 Å². The van der Waals surface area contributed by atoms with Crippen LogP contribution in [-0.2, 0) is 6.42 Å². The van der Waals surface area contributed by atoms with Gasteiger partial charge in [0, 0.05) is 18.5 Å². The summed E-state index contributed by atoms with van der Waals surface area (Å²) in [6.07, 6.45) is 5.20. The van der Waals surface area contributed by atoms with Gasteiger partial charge in [-0.2, -0.15) is 0 Å². The van der Waals surface area contributed by atoms with Gasteiger partial charge in [-0.3, -0.25) is 0 Å². The first-order chi connectivity index (χ1) is 9.36. The molecule has 3 rings (SSSR count). The summed E-state index contributed by atoms with van der Waals surface area (Å²) < 4.78 is 0. The second-order valence-electron chi connectivity index (χ2n) is 6.13. The smallest absolute Gasteiger partial charge is 0.00914 e. The van der Waals surface area contributed by atoms with Crippen LogP contribution in [0.3, 0.4) is 0 Å². The van der Waals surface area contributed by atoms with Crippen molar-refractivity contribution >= 4 is 0 Å². The van der Waals surface area contributed by atoms with Gasteiger partial charge in [-0.15, -0.1) is 0 Å². The summed E-state index contributed by atoms with van der Waals surface area (Å²) in [6.45, 7) is 7.26. The summed E-state index contributed by atoms with van der Waals surface area (Å²) in [7, 11) is 0. The van der Waals surface area contributed by atoms with E-state index in [9.17, 15) is 0 Å². The lowest BCUT2D eigenvalue weighted by atomic mass is 9.77. The summed E-state index contributed by atoms with van der Waals surface area (Å²) in [6, 6.07) is 9.72. The van der Waals surface area contributed by atoms with Crippen LogP contribution in [0.5, 0.6) is 0 Å². The molecule has 1 unspecified atom stereocenters. The molecule has 1 aliphatic carbocycles. The number of nitrogens with one attached hydrogen (secondary N) is 1. The molecule has 104 valence electrons. The molecule has 2 nitrogen and oxygen atoms in total. The Kier molecular flexibility index (Phi) is 4.19. The van der Waals surface area contributed by atoms with Crippen LogP contribution in [0.2, 0.25) is 0 Å². The molecule has 1 aromatic carbocycles. The molecule has 0 saturated carbocycles. The Balaban J connectivity index is 1.44. The third-order valence-corrected chi connectivity index (χ3v) is 4.71. The van der Waals surface area contributed by atoms with E-state index in [1.54, 1.807) is 11.1 Å². The van der Waals surface area contributed by atoms with E-state index in [0.717, 1.165) is 12.0 Å². The van der Waals surface area contributed by atoms with E-state index < -0.39 is 0 Å². The summed E-state index contributed by atoms with van der Waals surface area (Å²) in [4.78, 5) is 2.67. The third-order valence-electron chi connectivity index (χ3n) is 4.71. The Bertz CT molecular complexity index is 407. The first kappa shape index (κ1) is 13.1. The molecule has 2 heteroatoms. The number of rotatable bonds is 5. The fourth-order valence-corrected chi connectivity index (χ4v) is 3.51. The number of piperidine rings is 1. The maximum Gasteiger partial charge on any atom is 0.00914 e. The highest BCUT2D eigenvalue weighted by Gasteiger charge is 2.28. The topological polar surface area (TPSA) is 15.3 Å². The molecule has 19 heavy (non-hydrogen) atoms. The van der Waals surface area contributed by atoms with Crippen LogP contribution >= 0.6 is 0 Å². The second-order valence-corrected chi connectivity index (χ2v) is 6.13. The van der Waals surface area contributed by atoms with E-state index in [0.29, 0.717) is 0 Å². The first-order valence-corrected chi connectivity index (χ1v) is 7.90. The van der Waals surface area contributed by atoms with Crippen LogP contribution in [0.1, 0.15) is 43.2 Å². The maximum absolute atomic E-state index is 3.66. The lowest BCUT2D eigenvalue weighted by Crippen LogP contribution is -2.44. The summed E-state index contributed by atoms with van der Waals surface area (Å²) in [5, 5.41) is 3.66. The highest BCUT2D eigenvalue weighted by Crippen LogP contribution is 2.35. The van der Waals surface area contributed by atoms with Crippen molar-refractivity contribution < 1.29 is 0 Å². The molecule has 1 saturated heterocycles.